The van der Waals surface area contributed by atoms with Gasteiger partial charge in [-0.1, -0.05) is 54.1 Å². The Morgan fingerprint density at radius 2 is 1.65 bits per heavy atom. The van der Waals surface area contributed by atoms with Crippen LogP contribution in [0.3, 0.4) is 0 Å². The molecule has 13 nitrogen and oxygen atoms in total. The smallest absolute Gasteiger partial charge is 0.410 e. The van der Waals surface area contributed by atoms with Crippen molar-refractivity contribution in [1.29, 1.82) is 0 Å². The average molecular weight is 749 g/mol. The second-order valence-electron chi connectivity index (χ2n) is 13.0. The number of piperidine rings is 1. The van der Waals surface area contributed by atoms with Gasteiger partial charge in [-0.05, 0) is 48.6 Å². The number of nitrogens with zero attached hydrogens (tertiary/aromatic N) is 6. The number of hydrogen-bond acceptors (Lipinski definition) is 11. The van der Waals surface area contributed by atoms with E-state index in [0.717, 1.165) is 76.2 Å². The summed E-state index contributed by atoms with van der Waals surface area (Å²) in [6, 6.07) is 22.8. The Morgan fingerprint density at radius 1 is 0.942 bits per heavy atom. The van der Waals surface area contributed by atoms with Gasteiger partial charge in [0.1, 0.15) is 17.4 Å². The first-order valence-electron chi connectivity index (χ1n) is 17.3. The lowest BCUT2D eigenvalue weighted by molar-refractivity contribution is 0.0768. The van der Waals surface area contributed by atoms with E-state index in [1.165, 1.54) is 17.5 Å². The number of para-hydroxylation sites is 2. The van der Waals surface area contributed by atoms with Crippen molar-refractivity contribution in [3.8, 4) is 5.75 Å². The predicted molar refractivity (Wildman–Crippen MR) is 206 cm³/mol. The maximum atomic E-state index is 12.6. The van der Waals surface area contributed by atoms with Gasteiger partial charge in [0.2, 0.25) is 16.0 Å². The Hall–Kier alpha value is -4.79. The van der Waals surface area contributed by atoms with E-state index in [9.17, 15) is 13.2 Å². The molecule has 1 aromatic heterocycles. The lowest BCUT2D eigenvalue weighted by Crippen LogP contribution is -2.49. The van der Waals surface area contributed by atoms with Gasteiger partial charge in [0, 0.05) is 64.6 Å². The van der Waals surface area contributed by atoms with Crippen molar-refractivity contribution < 1.29 is 22.7 Å². The molecule has 276 valence electrons. The number of carbonyl (C=O) groups excluding carboxylic acids is 1. The van der Waals surface area contributed by atoms with E-state index in [-0.39, 0.29) is 17.1 Å². The molecule has 2 saturated heterocycles. The molecule has 3 aromatic carbocycles. The van der Waals surface area contributed by atoms with Gasteiger partial charge >= 0.3 is 6.09 Å². The molecule has 3 heterocycles. The zero-order chi connectivity index (χ0) is 36.7. The summed E-state index contributed by atoms with van der Waals surface area (Å²) >= 11 is 6.45. The fourth-order valence-corrected chi connectivity index (χ4v) is 7.09. The van der Waals surface area contributed by atoms with Crippen LogP contribution in [0.25, 0.3) is 0 Å². The van der Waals surface area contributed by atoms with Gasteiger partial charge in [-0.2, -0.15) is 4.98 Å². The highest BCUT2D eigenvalue weighted by molar-refractivity contribution is 7.92. The zero-order valence-corrected chi connectivity index (χ0v) is 31.2. The number of aromatic nitrogens is 2. The van der Waals surface area contributed by atoms with Crippen LogP contribution in [-0.4, -0.2) is 101 Å². The highest BCUT2D eigenvalue weighted by atomic mass is 35.5. The highest BCUT2D eigenvalue weighted by Gasteiger charge is 2.27. The van der Waals surface area contributed by atoms with Crippen LogP contribution in [0.2, 0.25) is 5.02 Å². The standard InChI is InChI=1S/C37H45ClN8O5S/c1-43(52(3,48)49)33-12-8-7-11-31(33)40-35-30(38)24-39-36(42-35)41-32-14-13-29(23-34(32)50-2)45-21-19-44(20-22-45)25-27-15-17-46(18-16-27)37(47)51-26-28-9-5-4-6-10-28/h4-14,23-24,27H,15-22,25-26H2,1-3H3,(H2,39,40,41,42). The Balaban J connectivity index is 1.00. The number of halogens is 1. The summed E-state index contributed by atoms with van der Waals surface area (Å²) < 4.78 is 36.9. The molecule has 0 aliphatic carbocycles. The third kappa shape index (κ3) is 9.35. The van der Waals surface area contributed by atoms with Crippen LogP contribution in [0.15, 0.2) is 79.0 Å². The number of piperazine rings is 1. The van der Waals surface area contributed by atoms with E-state index in [4.69, 9.17) is 21.1 Å². The van der Waals surface area contributed by atoms with Crippen LogP contribution >= 0.6 is 11.6 Å². The van der Waals surface area contributed by atoms with Crippen molar-refractivity contribution >= 4 is 62.2 Å². The average Bonchev–Trinajstić information content (AvgIpc) is 3.16. The molecule has 15 heteroatoms. The van der Waals surface area contributed by atoms with Gasteiger partial charge in [0.15, 0.2) is 5.82 Å². The number of sulfonamides is 1. The van der Waals surface area contributed by atoms with E-state index in [1.807, 2.05) is 47.4 Å². The molecule has 0 saturated carbocycles. The lowest BCUT2D eigenvalue weighted by atomic mass is 9.96. The van der Waals surface area contributed by atoms with Gasteiger partial charge in [-0.25, -0.2) is 18.2 Å². The van der Waals surface area contributed by atoms with Crippen molar-refractivity contribution in [3.63, 3.8) is 0 Å². The van der Waals surface area contributed by atoms with Crippen molar-refractivity contribution in [2.45, 2.75) is 19.4 Å². The van der Waals surface area contributed by atoms with Crippen molar-refractivity contribution in [3.05, 3.63) is 89.6 Å². The molecular weight excluding hydrogens is 704 g/mol. The van der Waals surface area contributed by atoms with Crippen molar-refractivity contribution in [2.24, 2.45) is 5.92 Å². The van der Waals surface area contributed by atoms with E-state index in [2.05, 4.69) is 36.5 Å². The number of hydrogen-bond donors (Lipinski definition) is 2. The molecule has 2 aliphatic heterocycles. The van der Waals surface area contributed by atoms with Gasteiger partial charge in [-0.15, -0.1) is 0 Å². The zero-order valence-electron chi connectivity index (χ0n) is 29.7. The number of benzene rings is 3. The number of carbonyl (C=O) groups is 1. The van der Waals surface area contributed by atoms with Gasteiger partial charge < -0.3 is 29.9 Å². The molecule has 0 bridgehead atoms. The molecule has 2 N–H and O–H groups in total. The molecular formula is C37H45ClN8O5S. The number of amides is 1. The molecule has 1 amide bonds. The first-order chi connectivity index (χ1) is 25.1. The van der Waals surface area contributed by atoms with Crippen LogP contribution in [0.1, 0.15) is 18.4 Å². The molecule has 52 heavy (non-hydrogen) atoms. The van der Waals surface area contributed by atoms with Crippen LogP contribution in [0, 0.1) is 5.92 Å². The van der Waals surface area contributed by atoms with E-state index in [1.54, 1.807) is 31.4 Å². The van der Waals surface area contributed by atoms with Crippen LogP contribution < -0.4 is 24.6 Å². The number of ether oxygens (including phenoxy) is 2. The monoisotopic (exact) mass is 748 g/mol. The summed E-state index contributed by atoms with van der Waals surface area (Å²) in [4.78, 5) is 28.2. The minimum Gasteiger partial charge on any atom is -0.494 e. The summed E-state index contributed by atoms with van der Waals surface area (Å²) in [5, 5.41) is 6.66. The van der Waals surface area contributed by atoms with E-state index >= 15 is 0 Å². The summed E-state index contributed by atoms with van der Waals surface area (Å²) in [7, 11) is -0.376. The topological polar surface area (TPSA) is 132 Å². The number of methoxy groups -OCH3 is 1. The Morgan fingerprint density at radius 3 is 2.37 bits per heavy atom. The summed E-state index contributed by atoms with van der Waals surface area (Å²) in [6.45, 7) is 6.50. The predicted octanol–water partition coefficient (Wildman–Crippen LogP) is 6.19. The molecule has 2 fully saturated rings. The highest BCUT2D eigenvalue weighted by Crippen LogP contribution is 2.35. The molecule has 6 rings (SSSR count). The fraction of sp³-hybridized carbons (Fsp3) is 0.378. The van der Waals surface area contributed by atoms with Crippen LogP contribution in [-0.2, 0) is 21.4 Å². The Labute approximate surface area is 310 Å². The second kappa shape index (κ2) is 16.7. The molecule has 2 aliphatic rings. The normalized spacial score (nSPS) is 15.6. The summed E-state index contributed by atoms with van der Waals surface area (Å²) in [5.41, 5.74) is 3.72. The maximum Gasteiger partial charge on any atom is 0.410 e. The maximum absolute atomic E-state index is 12.6. The first-order valence-corrected chi connectivity index (χ1v) is 19.5. The third-order valence-corrected chi connectivity index (χ3v) is 11.0. The largest absolute Gasteiger partial charge is 0.494 e. The lowest BCUT2D eigenvalue weighted by Gasteiger charge is -2.39. The second-order valence-corrected chi connectivity index (χ2v) is 15.5. The fourth-order valence-electron chi connectivity index (χ4n) is 6.44. The molecule has 4 aromatic rings. The van der Waals surface area contributed by atoms with E-state index in [0.29, 0.717) is 41.2 Å². The van der Waals surface area contributed by atoms with Crippen LogP contribution in [0.5, 0.6) is 5.75 Å². The number of nitrogens with one attached hydrogen (secondary N) is 2. The Bertz CT molecular complexity index is 1940. The molecule has 0 atom stereocenters. The van der Waals surface area contributed by atoms with Gasteiger partial charge in [-0.3, -0.25) is 9.21 Å². The minimum atomic E-state index is -3.49. The summed E-state index contributed by atoms with van der Waals surface area (Å²) in [5.74, 6) is 1.80. The number of likely N-dealkylation sites (tertiary alicyclic amines) is 1. The first kappa shape index (κ1) is 37.0. The Kier molecular flexibility index (Phi) is 11.9. The summed E-state index contributed by atoms with van der Waals surface area (Å²) in [6.07, 6.45) is 4.36. The van der Waals surface area contributed by atoms with Gasteiger partial charge in [0.25, 0.3) is 0 Å². The van der Waals surface area contributed by atoms with E-state index < -0.39 is 10.0 Å². The SMILES string of the molecule is COc1cc(N2CCN(CC3CCN(C(=O)OCc4ccccc4)CC3)CC2)ccc1Nc1ncc(Cl)c(Nc2ccccc2N(C)S(C)(=O)=O)n1. The van der Waals surface area contributed by atoms with Gasteiger partial charge in [0.05, 0.1) is 36.6 Å². The number of rotatable bonds is 12. The number of anilines is 6. The molecule has 0 spiro atoms. The third-order valence-electron chi connectivity index (χ3n) is 9.50. The quantitative estimate of drug-likeness (QED) is 0.172. The van der Waals surface area contributed by atoms with Crippen molar-refractivity contribution in [2.75, 3.05) is 86.1 Å². The van der Waals surface area contributed by atoms with Crippen molar-refractivity contribution in [1.82, 2.24) is 19.8 Å². The minimum absolute atomic E-state index is 0.228. The molecule has 0 unspecified atom stereocenters. The molecule has 0 radical (unpaired) electrons. The van der Waals surface area contributed by atoms with Crippen LogP contribution in [0.4, 0.5) is 39.3 Å².